The molecule has 0 fully saturated rings. The molecule has 0 aliphatic carbocycles. The number of rotatable bonds is 7. The van der Waals surface area contributed by atoms with Gasteiger partial charge in [-0.25, -0.2) is 13.1 Å². The van der Waals surface area contributed by atoms with Crippen LogP contribution in [0.25, 0.3) is 0 Å². The van der Waals surface area contributed by atoms with Gasteiger partial charge in [-0.05, 0) is 42.7 Å². The lowest BCUT2D eigenvalue weighted by Crippen LogP contribution is -2.23. The molecule has 112 valence electrons. The molecule has 0 atom stereocenters. The second kappa shape index (κ2) is 7.31. The molecule has 0 unspecified atom stereocenters. The first kappa shape index (κ1) is 15.6. The number of aliphatic hydroxyl groups is 1. The molecule has 2 N–H and O–H groups in total. The molecule has 1 aromatic heterocycles. The number of aryl methyl sites for hydroxylation is 1. The van der Waals surface area contributed by atoms with Gasteiger partial charge < -0.3 is 5.11 Å². The Labute approximate surface area is 124 Å². The molecule has 0 saturated carbocycles. The summed E-state index contributed by atoms with van der Waals surface area (Å²) in [5, 5.41) is 8.78. The minimum absolute atomic E-state index is 0.131. The van der Waals surface area contributed by atoms with E-state index in [0.29, 0.717) is 12.1 Å². The van der Waals surface area contributed by atoms with Crippen molar-refractivity contribution in [3.8, 4) is 0 Å². The van der Waals surface area contributed by atoms with E-state index in [0.717, 1.165) is 12.0 Å². The minimum atomic E-state index is -3.54. The van der Waals surface area contributed by atoms with Gasteiger partial charge in [0.25, 0.3) is 0 Å². The summed E-state index contributed by atoms with van der Waals surface area (Å²) >= 11 is 0. The van der Waals surface area contributed by atoms with E-state index in [4.69, 9.17) is 5.11 Å². The van der Waals surface area contributed by atoms with Gasteiger partial charge in [-0.1, -0.05) is 18.2 Å². The van der Waals surface area contributed by atoms with Crippen LogP contribution in [0.3, 0.4) is 0 Å². The van der Waals surface area contributed by atoms with Crippen LogP contribution in [0.4, 0.5) is 0 Å². The van der Waals surface area contributed by atoms with Crippen molar-refractivity contribution in [2.24, 2.45) is 0 Å². The van der Waals surface area contributed by atoms with Crippen LogP contribution in [0.5, 0.6) is 0 Å². The Morgan fingerprint density at radius 1 is 1.10 bits per heavy atom. The van der Waals surface area contributed by atoms with Crippen LogP contribution in [0, 0.1) is 0 Å². The number of nitrogens with one attached hydrogen (secondary N) is 1. The molecule has 6 heteroatoms. The highest BCUT2D eigenvalue weighted by Crippen LogP contribution is 2.12. The third kappa shape index (κ3) is 4.63. The lowest BCUT2D eigenvalue weighted by Gasteiger charge is -2.07. The van der Waals surface area contributed by atoms with Gasteiger partial charge >= 0.3 is 0 Å². The first-order valence-corrected chi connectivity index (χ1v) is 8.19. The Morgan fingerprint density at radius 2 is 1.86 bits per heavy atom. The summed E-state index contributed by atoms with van der Waals surface area (Å²) in [5.41, 5.74) is 1.67. The molecule has 5 nitrogen and oxygen atoms in total. The molecule has 2 rings (SSSR count). The van der Waals surface area contributed by atoms with Crippen molar-refractivity contribution in [3.05, 3.63) is 59.9 Å². The van der Waals surface area contributed by atoms with Gasteiger partial charge in [0.2, 0.25) is 10.0 Å². The zero-order chi connectivity index (χ0) is 15.1. The highest BCUT2D eigenvalue weighted by molar-refractivity contribution is 7.89. The molecule has 0 aliphatic rings. The molecule has 1 aromatic carbocycles. The van der Waals surface area contributed by atoms with Gasteiger partial charge in [-0.15, -0.1) is 0 Å². The van der Waals surface area contributed by atoms with Crippen LogP contribution < -0.4 is 4.72 Å². The zero-order valence-corrected chi connectivity index (χ0v) is 12.4. The summed E-state index contributed by atoms with van der Waals surface area (Å²) in [6, 6.07) is 12.0. The Morgan fingerprint density at radius 3 is 2.48 bits per heavy atom. The zero-order valence-electron chi connectivity index (χ0n) is 11.6. The normalized spacial score (nSPS) is 11.5. The van der Waals surface area contributed by atoms with Gasteiger partial charge in [-0.3, -0.25) is 4.98 Å². The maximum absolute atomic E-state index is 12.2. The number of benzene rings is 1. The quantitative estimate of drug-likeness (QED) is 0.812. The van der Waals surface area contributed by atoms with Gasteiger partial charge in [0, 0.05) is 12.8 Å². The monoisotopic (exact) mass is 306 g/mol. The maximum Gasteiger partial charge on any atom is 0.240 e. The topological polar surface area (TPSA) is 79.3 Å². The standard InChI is InChI=1S/C15H18N2O3S/c18-11-3-4-13-6-8-15(9-7-13)21(19,20)17-12-14-5-1-2-10-16-14/h1-2,5-10,17-18H,3-4,11-12H2. The van der Waals surface area contributed by atoms with Gasteiger partial charge in [0.15, 0.2) is 0 Å². The Kier molecular flexibility index (Phi) is 5.44. The molecule has 2 aromatic rings. The first-order valence-electron chi connectivity index (χ1n) is 6.71. The van der Waals surface area contributed by atoms with Crippen LogP contribution >= 0.6 is 0 Å². The molecule has 1 heterocycles. The number of nitrogens with zero attached hydrogens (tertiary/aromatic N) is 1. The molecule has 0 saturated heterocycles. The van der Waals surface area contributed by atoms with Crippen molar-refractivity contribution in [2.45, 2.75) is 24.3 Å². The third-order valence-electron chi connectivity index (χ3n) is 3.03. The molecule has 0 radical (unpaired) electrons. The lowest BCUT2D eigenvalue weighted by atomic mass is 10.1. The second-order valence-corrected chi connectivity index (χ2v) is 6.38. The Bertz CT molecular complexity index is 655. The van der Waals surface area contributed by atoms with E-state index >= 15 is 0 Å². The summed E-state index contributed by atoms with van der Waals surface area (Å²) < 4.78 is 26.8. The van der Waals surface area contributed by atoms with E-state index in [2.05, 4.69) is 9.71 Å². The first-order chi connectivity index (χ1) is 10.1. The molecule has 0 aliphatic heterocycles. The molecular weight excluding hydrogens is 288 g/mol. The fraction of sp³-hybridized carbons (Fsp3) is 0.267. The Balaban J connectivity index is 2.02. The lowest BCUT2D eigenvalue weighted by molar-refractivity contribution is 0.288. The van der Waals surface area contributed by atoms with Crippen LogP contribution in [0.1, 0.15) is 17.7 Å². The van der Waals surface area contributed by atoms with E-state index in [-0.39, 0.29) is 18.0 Å². The fourth-order valence-corrected chi connectivity index (χ4v) is 2.87. The number of aliphatic hydroxyl groups excluding tert-OH is 1. The van der Waals surface area contributed by atoms with Crippen LogP contribution in [0.2, 0.25) is 0 Å². The minimum Gasteiger partial charge on any atom is -0.396 e. The smallest absolute Gasteiger partial charge is 0.240 e. The largest absolute Gasteiger partial charge is 0.396 e. The van der Waals surface area contributed by atoms with E-state index in [1.807, 2.05) is 6.07 Å². The van der Waals surface area contributed by atoms with E-state index in [9.17, 15) is 8.42 Å². The number of sulfonamides is 1. The summed E-state index contributed by atoms with van der Waals surface area (Å²) in [6.07, 6.45) is 3.03. The molecule has 0 amide bonds. The van der Waals surface area contributed by atoms with Gasteiger partial charge in [0.1, 0.15) is 0 Å². The predicted molar refractivity (Wildman–Crippen MR) is 80.1 cm³/mol. The summed E-state index contributed by atoms with van der Waals surface area (Å²) in [5.74, 6) is 0. The van der Waals surface area contributed by atoms with Crippen LogP contribution in [0.15, 0.2) is 53.6 Å². The average Bonchev–Trinajstić information content (AvgIpc) is 2.52. The summed E-state index contributed by atoms with van der Waals surface area (Å²) in [4.78, 5) is 4.30. The highest BCUT2D eigenvalue weighted by Gasteiger charge is 2.13. The average molecular weight is 306 g/mol. The van der Waals surface area contributed by atoms with Crippen molar-refractivity contribution in [1.29, 1.82) is 0 Å². The van der Waals surface area contributed by atoms with E-state index < -0.39 is 10.0 Å². The molecule has 0 bridgehead atoms. The predicted octanol–water partition coefficient (Wildman–Crippen LogP) is 1.49. The number of hydrogen-bond acceptors (Lipinski definition) is 4. The van der Waals surface area contributed by atoms with Gasteiger partial charge in [-0.2, -0.15) is 0 Å². The molecule has 21 heavy (non-hydrogen) atoms. The molecule has 0 spiro atoms. The molecular formula is C15H18N2O3S. The van der Waals surface area contributed by atoms with Gasteiger partial charge in [0.05, 0.1) is 17.1 Å². The Hall–Kier alpha value is -1.76. The SMILES string of the molecule is O=S(=O)(NCc1ccccn1)c1ccc(CCCO)cc1. The van der Waals surface area contributed by atoms with Crippen molar-refractivity contribution in [2.75, 3.05) is 6.61 Å². The summed E-state index contributed by atoms with van der Waals surface area (Å²) in [6.45, 7) is 0.293. The van der Waals surface area contributed by atoms with Crippen LogP contribution in [-0.4, -0.2) is 25.1 Å². The van der Waals surface area contributed by atoms with E-state index in [1.165, 1.54) is 0 Å². The number of pyridine rings is 1. The maximum atomic E-state index is 12.2. The third-order valence-corrected chi connectivity index (χ3v) is 4.44. The number of aromatic nitrogens is 1. The van der Waals surface area contributed by atoms with E-state index in [1.54, 1.807) is 42.6 Å². The number of hydrogen-bond donors (Lipinski definition) is 2. The van der Waals surface area contributed by atoms with Crippen molar-refractivity contribution < 1.29 is 13.5 Å². The fourth-order valence-electron chi connectivity index (χ4n) is 1.87. The van der Waals surface area contributed by atoms with Crippen molar-refractivity contribution in [1.82, 2.24) is 9.71 Å². The highest BCUT2D eigenvalue weighted by atomic mass is 32.2. The van der Waals surface area contributed by atoms with Crippen LogP contribution in [-0.2, 0) is 23.0 Å². The summed E-state index contributed by atoms with van der Waals surface area (Å²) in [7, 11) is -3.54. The van der Waals surface area contributed by atoms with Crippen molar-refractivity contribution >= 4 is 10.0 Å². The van der Waals surface area contributed by atoms with Crippen molar-refractivity contribution in [3.63, 3.8) is 0 Å². The second-order valence-electron chi connectivity index (χ2n) is 4.62.